The molecule has 2 N–H and O–H groups in total. The summed E-state index contributed by atoms with van der Waals surface area (Å²) in [6, 6.07) is 7.36. The van der Waals surface area contributed by atoms with E-state index in [0.717, 1.165) is 24.7 Å². The highest BCUT2D eigenvalue weighted by Crippen LogP contribution is 2.24. The van der Waals surface area contributed by atoms with Gasteiger partial charge < -0.3 is 15.5 Å². The fourth-order valence-corrected chi connectivity index (χ4v) is 2.75. The molecular weight excluding hydrogens is 314 g/mol. The Morgan fingerprint density at radius 3 is 2.20 bits per heavy atom. The number of anilines is 2. The maximum Gasteiger partial charge on any atom is 0.246 e. The highest BCUT2D eigenvalue weighted by Gasteiger charge is 2.25. The number of hydrogen-bond donors (Lipinski definition) is 2. The van der Waals surface area contributed by atoms with Gasteiger partial charge in [0.1, 0.15) is 6.04 Å². The van der Waals surface area contributed by atoms with E-state index in [2.05, 4.69) is 22.5 Å². The zero-order valence-corrected chi connectivity index (χ0v) is 16.1. The maximum absolute atomic E-state index is 12.3. The summed E-state index contributed by atoms with van der Waals surface area (Å²) >= 11 is 0. The molecule has 5 nitrogen and oxygen atoms in total. The minimum absolute atomic E-state index is 0.134. The Labute approximate surface area is 151 Å². The van der Waals surface area contributed by atoms with Crippen LogP contribution in [0.2, 0.25) is 0 Å². The molecule has 1 saturated heterocycles. The van der Waals surface area contributed by atoms with E-state index < -0.39 is 11.5 Å². The van der Waals surface area contributed by atoms with Crippen molar-refractivity contribution in [1.29, 1.82) is 0 Å². The van der Waals surface area contributed by atoms with Crippen LogP contribution in [0, 0.1) is 11.3 Å². The number of rotatable bonds is 4. The molecule has 5 heteroatoms. The summed E-state index contributed by atoms with van der Waals surface area (Å²) in [5.74, 6) is 0.460. The number of nitrogens with zero attached hydrogens (tertiary/aromatic N) is 1. The molecule has 0 spiro atoms. The van der Waals surface area contributed by atoms with Gasteiger partial charge in [0.25, 0.3) is 0 Å². The molecule has 1 aliphatic heterocycles. The molecule has 2 rings (SSSR count). The van der Waals surface area contributed by atoms with E-state index in [0.29, 0.717) is 0 Å². The standard InChI is InChI=1S/C20H31N3O2/c1-14-10-12-23(13-11-14)17-8-6-16(7-9-17)22-18(24)15(2)21-19(25)20(3,4)5/h6-9,14-15H,10-13H2,1-5H3,(H,21,25)(H,22,24). The fourth-order valence-electron chi connectivity index (χ4n) is 2.75. The van der Waals surface area contributed by atoms with Gasteiger partial charge >= 0.3 is 0 Å². The van der Waals surface area contributed by atoms with Crippen molar-refractivity contribution in [3.63, 3.8) is 0 Å². The number of benzene rings is 1. The lowest BCUT2D eigenvalue weighted by Crippen LogP contribution is -2.46. The van der Waals surface area contributed by atoms with Crippen molar-refractivity contribution in [1.82, 2.24) is 5.32 Å². The molecule has 1 aromatic carbocycles. The van der Waals surface area contributed by atoms with Crippen LogP contribution in [0.3, 0.4) is 0 Å². The summed E-state index contributed by atoms with van der Waals surface area (Å²) < 4.78 is 0. The number of carbonyl (C=O) groups is 2. The average Bonchev–Trinajstić information content (AvgIpc) is 2.55. The molecule has 0 radical (unpaired) electrons. The van der Waals surface area contributed by atoms with E-state index in [9.17, 15) is 9.59 Å². The zero-order chi connectivity index (χ0) is 18.6. The molecule has 1 unspecified atom stereocenters. The van der Waals surface area contributed by atoms with E-state index >= 15 is 0 Å². The van der Waals surface area contributed by atoms with Gasteiger partial charge in [-0.05, 0) is 49.9 Å². The summed E-state index contributed by atoms with van der Waals surface area (Å²) in [6.45, 7) is 11.6. The Hall–Kier alpha value is -2.04. The second-order valence-electron chi connectivity index (χ2n) is 8.15. The molecule has 1 aliphatic rings. The summed E-state index contributed by atoms with van der Waals surface area (Å²) in [6.07, 6.45) is 2.45. The van der Waals surface area contributed by atoms with Gasteiger partial charge in [-0.1, -0.05) is 27.7 Å². The van der Waals surface area contributed by atoms with Crippen LogP contribution in [-0.2, 0) is 9.59 Å². The largest absolute Gasteiger partial charge is 0.372 e. The van der Waals surface area contributed by atoms with E-state index in [1.807, 2.05) is 45.0 Å². The highest BCUT2D eigenvalue weighted by atomic mass is 16.2. The molecule has 0 aliphatic carbocycles. The molecule has 0 saturated carbocycles. The summed E-state index contributed by atoms with van der Waals surface area (Å²) in [5, 5.41) is 5.61. The van der Waals surface area contributed by atoms with Gasteiger partial charge in [-0.15, -0.1) is 0 Å². The summed E-state index contributed by atoms with van der Waals surface area (Å²) in [4.78, 5) is 26.6. The topological polar surface area (TPSA) is 61.4 Å². The fraction of sp³-hybridized carbons (Fsp3) is 0.600. The molecule has 1 aromatic rings. The Bertz CT molecular complexity index is 596. The number of piperidine rings is 1. The third-order valence-electron chi connectivity index (χ3n) is 4.71. The van der Waals surface area contributed by atoms with Crippen molar-refractivity contribution in [2.24, 2.45) is 11.3 Å². The number of amides is 2. The first-order valence-electron chi connectivity index (χ1n) is 9.13. The molecular formula is C20H31N3O2. The van der Waals surface area contributed by atoms with Crippen molar-refractivity contribution in [3.05, 3.63) is 24.3 Å². The normalized spacial score (nSPS) is 17.1. The van der Waals surface area contributed by atoms with Crippen LogP contribution < -0.4 is 15.5 Å². The van der Waals surface area contributed by atoms with Crippen LogP contribution in [0.15, 0.2) is 24.3 Å². The first kappa shape index (κ1) is 19.3. The summed E-state index contributed by atoms with van der Waals surface area (Å²) in [7, 11) is 0. The van der Waals surface area contributed by atoms with Gasteiger partial charge in [0.2, 0.25) is 11.8 Å². The quantitative estimate of drug-likeness (QED) is 0.879. The van der Waals surface area contributed by atoms with Crippen LogP contribution in [-0.4, -0.2) is 30.9 Å². The Kier molecular flexibility index (Phi) is 6.09. The minimum atomic E-state index is -0.574. The molecule has 1 atom stereocenters. The molecule has 138 valence electrons. The zero-order valence-electron chi connectivity index (χ0n) is 16.1. The molecule has 25 heavy (non-hydrogen) atoms. The van der Waals surface area contributed by atoms with Gasteiger partial charge in [0, 0.05) is 29.9 Å². The molecule has 0 bridgehead atoms. The van der Waals surface area contributed by atoms with Crippen LogP contribution >= 0.6 is 0 Å². The van der Waals surface area contributed by atoms with Crippen molar-refractivity contribution in [2.75, 3.05) is 23.3 Å². The molecule has 1 heterocycles. The van der Waals surface area contributed by atoms with Crippen LogP contribution in [0.25, 0.3) is 0 Å². The van der Waals surface area contributed by atoms with Gasteiger partial charge in [-0.3, -0.25) is 9.59 Å². The average molecular weight is 345 g/mol. The Morgan fingerprint density at radius 1 is 1.12 bits per heavy atom. The van der Waals surface area contributed by atoms with Crippen LogP contribution in [0.4, 0.5) is 11.4 Å². The third-order valence-corrected chi connectivity index (χ3v) is 4.71. The van der Waals surface area contributed by atoms with Gasteiger partial charge in [-0.25, -0.2) is 0 Å². The first-order valence-corrected chi connectivity index (χ1v) is 9.13. The van der Waals surface area contributed by atoms with Crippen molar-refractivity contribution in [2.45, 2.75) is 53.5 Å². The molecule has 2 amide bonds. The minimum Gasteiger partial charge on any atom is -0.372 e. The van der Waals surface area contributed by atoms with Crippen LogP contribution in [0.1, 0.15) is 47.5 Å². The van der Waals surface area contributed by atoms with Gasteiger partial charge in [-0.2, -0.15) is 0 Å². The second-order valence-corrected chi connectivity index (χ2v) is 8.15. The Morgan fingerprint density at radius 2 is 1.68 bits per heavy atom. The van der Waals surface area contributed by atoms with Crippen molar-refractivity contribution in [3.8, 4) is 0 Å². The van der Waals surface area contributed by atoms with E-state index in [4.69, 9.17) is 0 Å². The monoisotopic (exact) mass is 345 g/mol. The second kappa shape index (κ2) is 7.89. The lowest BCUT2D eigenvalue weighted by Gasteiger charge is -2.32. The first-order chi connectivity index (χ1) is 11.7. The Balaban J connectivity index is 1.90. The van der Waals surface area contributed by atoms with E-state index in [1.165, 1.54) is 18.5 Å². The predicted octanol–water partition coefficient (Wildman–Crippen LogP) is 3.41. The van der Waals surface area contributed by atoms with Crippen molar-refractivity contribution < 1.29 is 9.59 Å². The molecule has 1 fully saturated rings. The number of carbonyl (C=O) groups excluding carboxylic acids is 2. The maximum atomic E-state index is 12.3. The van der Waals surface area contributed by atoms with Gasteiger partial charge in [0.15, 0.2) is 0 Å². The lowest BCUT2D eigenvalue weighted by molar-refractivity contribution is -0.131. The molecule has 0 aromatic heterocycles. The number of nitrogens with one attached hydrogen (secondary N) is 2. The highest BCUT2D eigenvalue weighted by molar-refractivity contribution is 5.97. The third kappa shape index (κ3) is 5.48. The lowest BCUT2D eigenvalue weighted by atomic mass is 9.95. The number of hydrogen-bond acceptors (Lipinski definition) is 3. The smallest absolute Gasteiger partial charge is 0.246 e. The van der Waals surface area contributed by atoms with E-state index in [-0.39, 0.29) is 11.8 Å². The van der Waals surface area contributed by atoms with E-state index in [1.54, 1.807) is 6.92 Å². The SMILES string of the molecule is CC1CCN(c2ccc(NC(=O)C(C)NC(=O)C(C)(C)C)cc2)CC1. The van der Waals surface area contributed by atoms with Crippen molar-refractivity contribution >= 4 is 23.2 Å². The summed E-state index contributed by atoms with van der Waals surface area (Å²) in [5.41, 5.74) is 1.43. The van der Waals surface area contributed by atoms with Gasteiger partial charge in [0.05, 0.1) is 0 Å². The van der Waals surface area contributed by atoms with Crippen LogP contribution in [0.5, 0.6) is 0 Å². The predicted molar refractivity (Wildman–Crippen MR) is 103 cm³/mol.